The van der Waals surface area contributed by atoms with Gasteiger partial charge in [0.2, 0.25) is 6.79 Å². The van der Waals surface area contributed by atoms with Crippen LogP contribution in [-0.4, -0.2) is 30.4 Å². The van der Waals surface area contributed by atoms with Crippen molar-refractivity contribution in [3.63, 3.8) is 0 Å². The van der Waals surface area contributed by atoms with Crippen LogP contribution in [0.2, 0.25) is 0 Å². The average molecular weight is 343 g/mol. The number of hydrogen-bond donors (Lipinski definition) is 2. The smallest absolute Gasteiger partial charge is 0.338 e. The molecule has 2 aromatic rings. The van der Waals surface area contributed by atoms with Crippen molar-refractivity contribution in [3.8, 4) is 17.2 Å². The number of carbonyl (C=O) groups is 2. The van der Waals surface area contributed by atoms with Crippen LogP contribution in [0.25, 0.3) is 0 Å². The number of rotatable bonds is 5. The fraction of sp³-hybridized carbons (Fsp3) is 0.222. The standard InChI is InChI=1S/C18H17NO6/c1-11(12-5-6-15-16(8-12)25-10-24-15)19-17(21)9-23-18(22)13-3-2-4-14(20)7-13/h2-8,11,20H,9-10H2,1H3,(H,19,21). The molecule has 0 saturated carbocycles. The maximum Gasteiger partial charge on any atom is 0.338 e. The number of phenolic OH excluding ortho intramolecular Hbond substituents is 1. The van der Waals surface area contributed by atoms with Crippen LogP contribution >= 0.6 is 0 Å². The number of nitrogens with one attached hydrogen (secondary N) is 1. The van der Waals surface area contributed by atoms with Gasteiger partial charge in [-0.2, -0.15) is 0 Å². The van der Waals surface area contributed by atoms with E-state index < -0.39 is 18.5 Å². The summed E-state index contributed by atoms with van der Waals surface area (Å²) in [7, 11) is 0. The highest BCUT2D eigenvalue weighted by molar-refractivity contribution is 5.91. The first-order valence-electron chi connectivity index (χ1n) is 7.68. The van der Waals surface area contributed by atoms with Gasteiger partial charge in [0, 0.05) is 0 Å². The number of ether oxygens (including phenoxy) is 3. The third-order valence-electron chi connectivity index (χ3n) is 3.69. The molecule has 1 unspecified atom stereocenters. The maximum absolute atomic E-state index is 12.0. The zero-order chi connectivity index (χ0) is 17.8. The van der Waals surface area contributed by atoms with Crippen LogP contribution in [0.4, 0.5) is 0 Å². The number of fused-ring (bicyclic) bond motifs is 1. The molecule has 0 spiro atoms. The summed E-state index contributed by atoms with van der Waals surface area (Å²) < 4.78 is 15.5. The highest BCUT2D eigenvalue weighted by Crippen LogP contribution is 2.34. The SMILES string of the molecule is CC(NC(=O)COC(=O)c1cccc(O)c1)c1ccc2c(c1)OCO2. The fourth-order valence-electron chi connectivity index (χ4n) is 2.40. The topological polar surface area (TPSA) is 94.1 Å². The van der Waals surface area contributed by atoms with Gasteiger partial charge in [0.05, 0.1) is 11.6 Å². The van der Waals surface area contributed by atoms with Gasteiger partial charge in [0.1, 0.15) is 5.75 Å². The van der Waals surface area contributed by atoms with Crippen molar-refractivity contribution in [2.45, 2.75) is 13.0 Å². The van der Waals surface area contributed by atoms with Crippen LogP contribution < -0.4 is 14.8 Å². The molecule has 3 rings (SSSR count). The summed E-state index contributed by atoms with van der Waals surface area (Å²) in [4.78, 5) is 23.8. The second kappa shape index (κ2) is 7.12. The molecule has 0 aliphatic carbocycles. The van der Waals surface area contributed by atoms with Gasteiger partial charge >= 0.3 is 5.97 Å². The summed E-state index contributed by atoms with van der Waals surface area (Å²) in [5, 5.41) is 12.1. The minimum Gasteiger partial charge on any atom is -0.508 e. The van der Waals surface area contributed by atoms with Crippen molar-refractivity contribution in [2.24, 2.45) is 0 Å². The lowest BCUT2D eigenvalue weighted by molar-refractivity contribution is -0.124. The Balaban J connectivity index is 1.53. The molecule has 1 heterocycles. The predicted molar refractivity (Wildman–Crippen MR) is 87.5 cm³/mol. The van der Waals surface area contributed by atoms with Gasteiger partial charge in [-0.05, 0) is 42.8 Å². The Labute approximate surface area is 144 Å². The molecular formula is C18H17NO6. The summed E-state index contributed by atoms with van der Waals surface area (Å²) in [6, 6.07) is 10.8. The molecule has 2 N–H and O–H groups in total. The molecular weight excluding hydrogens is 326 g/mol. The molecule has 7 heteroatoms. The van der Waals surface area contributed by atoms with Crippen LogP contribution in [-0.2, 0) is 9.53 Å². The van der Waals surface area contributed by atoms with Crippen molar-refractivity contribution >= 4 is 11.9 Å². The summed E-state index contributed by atoms with van der Waals surface area (Å²) in [5.41, 5.74) is 1.02. The highest BCUT2D eigenvalue weighted by atomic mass is 16.7. The predicted octanol–water partition coefficient (Wildman–Crippen LogP) is 2.16. The van der Waals surface area contributed by atoms with E-state index in [1.165, 1.54) is 24.3 Å². The molecule has 0 aromatic heterocycles. The Hall–Kier alpha value is -3.22. The zero-order valence-corrected chi connectivity index (χ0v) is 13.5. The summed E-state index contributed by atoms with van der Waals surface area (Å²) in [5.74, 6) is 0.145. The van der Waals surface area contributed by atoms with Gasteiger partial charge in [-0.1, -0.05) is 12.1 Å². The van der Waals surface area contributed by atoms with E-state index in [0.29, 0.717) is 11.5 Å². The van der Waals surface area contributed by atoms with Crippen molar-refractivity contribution in [3.05, 3.63) is 53.6 Å². The lowest BCUT2D eigenvalue weighted by Gasteiger charge is -2.15. The van der Waals surface area contributed by atoms with Gasteiger partial charge in [0.15, 0.2) is 18.1 Å². The third kappa shape index (κ3) is 4.00. The van der Waals surface area contributed by atoms with Gasteiger partial charge in [-0.25, -0.2) is 4.79 Å². The molecule has 1 aliphatic rings. The monoisotopic (exact) mass is 343 g/mol. The van der Waals surface area contributed by atoms with Crippen molar-refractivity contribution in [2.75, 3.05) is 13.4 Å². The Kier molecular flexibility index (Phi) is 4.74. The number of hydrogen-bond acceptors (Lipinski definition) is 6. The van der Waals surface area contributed by atoms with Gasteiger partial charge in [-0.3, -0.25) is 4.79 Å². The highest BCUT2D eigenvalue weighted by Gasteiger charge is 2.17. The Morgan fingerprint density at radius 2 is 2.00 bits per heavy atom. The first kappa shape index (κ1) is 16.6. The Morgan fingerprint density at radius 3 is 2.80 bits per heavy atom. The zero-order valence-electron chi connectivity index (χ0n) is 13.5. The van der Waals surface area contributed by atoms with Crippen molar-refractivity contribution in [1.29, 1.82) is 0 Å². The van der Waals surface area contributed by atoms with E-state index in [1.54, 1.807) is 12.1 Å². The van der Waals surface area contributed by atoms with Gasteiger partial charge in [-0.15, -0.1) is 0 Å². The number of aromatic hydroxyl groups is 1. The van der Waals surface area contributed by atoms with Crippen LogP contribution in [0, 0.1) is 0 Å². The van der Waals surface area contributed by atoms with E-state index in [9.17, 15) is 14.7 Å². The first-order chi connectivity index (χ1) is 12.0. The molecule has 1 amide bonds. The number of esters is 1. The summed E-state index contributed by atoms with van der Waals surface area (Å²) in [6.07, 6.45) is 0. The molecule has 0 saturated heterocycles. The molecule has 0 fully saturated rings. The van der Waals surface area contributed by atoms with Crippen LogP contribution in [0.3, 0.4) is 0 Å². The molecule has 0 bridgehead atoms. The fourth-order valence-corrected chi connectivity index (χ4v) is 2.40. The lowest BCUT2D eigenvalue weighted by atomic mass is 10.1. The average Bonchev–Trinajstić information content (AvgIpc) is 3.07. The minimum atomic E-state index is -0.679. The summed E-state index contributed by atoms with van der Waals surface area (Å²) in [6.45, 7) is 1.58. The van der Waals surface area contributed by atoms with Crippen LogP contribution in [0.5, 0.6) is 17.2 Å². The molecule has 2 aromatic carbocycles. The lowest BCUT2D eigenvalue weighted by Crippen LogP contribution is -2.31. The first-order valence-corrected chi connectivity index (χ1v) is 7.68. The van der Waals surface area contributed by atoms with Gasteiger partial charge in [0.25, 0.3) is 5.91 Å². The number of phenols is 1. The Morgan fingerprint density at radius 1 is 1.20 bits per heavy atom. The van der Waals surface area contributed by atoms with Crippen molar-refractivity contribution < 1.29 is 28.9 Å². The molecule has 130 valence electrons. The van der Waals surface area contributed by atoms with Crippen LogP contribution in [0.15, 0.2) is 42.5 Å². The number of carbonyl (C=O) groups excluding carboxylic acids is 2. The maximum atomic E-state index is 12.0. The Bertz CT molecular complexity index is 804. The minimum absolute atomic E-state index is 0.0460. The molecule has 1 atom stereocenters. The number of benzene rings is 2. The second-order valence-corrected chi connectivity index (χ2v) is 5.53. The molecule has 25 heavy (non-hydrogen) atoms. The van der Waals surface area contributed by atoms with E-state index in [1.807, 2.05) is 13.0 Å². The molecule has 1 aliphatic heterocycles. The van der Waals surface area contributed by atoms with E-state index >= 15 is 0 Å². The summed E-state index contributed by atoms with van der Waals surface area (Å²) >= 11 is 0. The van der Waals surface area contributed by atoms with E-state index in [4.69, 9.17) is 14.2 Å². The van der Waals surface area contributed by atoms with E-state index in [2.05, 4.69) is 5.32 Å². The van der Waals surface area contributed by atoms with Crippen LogP contribution in [0.1, 0.15) is 28.9 Å². The van der Waals surface area contributed by atoms with E-state index in [0.717, 1.165) is 5.56 Å². The van der Waals surface area contributed by atoms with Crippen molar-refractivity contribution in [1.82, 2.24) is 5.32 Å². The number of amides is 1. The van der Waals surface area contributed by atoms with E-state index in [-0.39, 0.29) is 24.1 Å². The third-order valence-corrected chi connectivity index (χ3v) is 3.69. The molecule has 7 nitrogen and oxygen atoms in total. The second-order valence-electron chi connectivity index (χ2n) is 5.53. The normalized spacial score (nSPS) is 13.2. The largest absolute Gasteiger partial charge is 0.508 e. The quantitative estimate of drug-likeness (QED) is 0.808. The van der Waals surface area contributed by atoms with Gasteiger partial charge < -0.3 is 24.6 Å². The molecule has 0 radical (unpaired) electrons.